The van der Waals surface area contributed by atoms with Crippen LogP contribution in [0.25, 0.3) is 33.5 Å². The van der Waals surface area contributed by atoms with Gasteiger partial charge in [0.2, 0.25) is 11.8 Å². The van der Waals surface area contributed by atoms with Crippen molar-refractivity contribution in [2.45, 2.75) is 31.8 Å². The maximum absolute atomic E-state index is 12.4. The van der Waals surface area contributed by atoms with Gasteiger partial charge in [0.1, 0.15) is 0 Å². The molecule has 0 aliphatic rings. The third-order valence-corrected chi connectivity index (χ3v) is 6.67. The predicted molar refractivity (Wildman–Crippen MR) is 140 cm³/mol. The van der Waals surface area contributed by atoms with Crippen LogP contribution in [-0.4, -0.2) is 41.6 Å². The highest BCUT2D eigenvalue weighted by Crippen LogP contribution is 2.32. The number of hydrogen-bond acceptors (Lipinski definition) is 8. The molecule has 1 N–H and O–H groups in total. The van der Waals surface area contributed by atoms with Crippen LogP contribution in [0.2, 0.25) is 0 Å². The zero-order chi connectivity index (χ0) is 25.2. The summed E-state index contributed by atoms with van der Waals surface area (Å²) in [7, 11) is 1.89. The fourth-order valence-corrected chi connectivity index (χ4v) is 4.42. The van der Waals surface area contributed by atoms with Gasteiger partial charge in [0.25, 0.3) is 0 Å². The Labute approximate surface area is 212 Å². The van der Waals surface area contributed by atoms with Crippen molar-refractivity contribution in [1.82, 2.24) is 29.9 Å². The number of anilines is 1. The first-order valence-corrected chi connectivity index (χ1v) is 12.5. The van der Waals surface area contributed by atoms with E-state index in [-0.39, 0.29) is 23.6 Å². The van der Waals surface area contributed by atoms with Crippen molar-refractivity contribution in [2.24, 2.45) is 7.05 Å². The van der Waals surface area contributed by atoms with E-state index in [9.17, 15) is 4.79 Å². The van der Waals surface area contributed by atoms with E-state index in [1.807, 2.05) is 55.8 Å². The number of carbonyl (C=O) groups is 1. The lowest BCUT2D eigenvalue weighted by molar-refractivity contribution is -0.113. The van der Waals surface area contributed by atoms with Gasteiger partial charge < -0.3 is 8.98 Å². The molecule has 5 rings (SSSR count). The first-order chi connectivity index (χ1) is 17.4. The predicted octanol–water partition coefficient (Wildman–Crippen LogP) is 5.24. The average molecular weight is 500 g/mol. The number of aromatic nitrogens is 6. The number of para-hydroxylation sites is 1. The zero-order valence-electron chi connectivity index (χ0n) is 20.4. The second kappa shape index (κ2) is 9.90. The molecule has 36 heavy (non-hydrogen) atoms. The molecule has 0 atom stereocenters. The van der Waals surface area contributed by atoms with E-state index in [1.165, 1.54) is 17.3 Å². The topological polar surface area (TPSA) is 112 Å². The minimum Gasteiger partial charge on any atom is -0.408 e. The maximum Gasteiger partial charge on any atom is 0.322 e. The van der Waals surface area contributed by atoms with Gasteiger partial charge >= 0.3 is 6.01 Å². The molecular weight excluding hydrogens is 474 g/mol. The van der Waals surface area contributed by atoms with Crippen molar-refractivity contribution < 1.29 is 9.21 Å². The van der Waals surface area contributed by atoms with Crippen LogP contribution < -0.4 is 5.32 Å². The van der Waals surface area contributed by atoms with Crippen LogP contribution >= 0.6 is 11.8 Å². The van der Waals surface area contributed by atoms with E-state index in [0.29, 0.717) is 16.9 Å². The van der Waals surface area contributed by atoms with Gasteiger partial charge in [0, 0.05) is 29.5 Å². The van der Waals surface area contributed by atoms with E-state index in [0.717, 1.165) is 27.7 Å². The number of thioether (sulfide) groups is 1. The molecular formula is C26H25N7O2S. The lowest BCUT2D eigenvalue weighted by atomic mass is 10.0. The number of carbonyl (C=O) groups excluding carboxylic acids is 1. The van der Waals surface area contributed by atoms with Gasteiger partial charge in [-0.3, -0.25) is 10.1 Å². The van der Waals surface area contributed by atoms with Crippen molar-refractivity contribution in [2.75, 3.05) is 11.1 Å². The molecule has 3 heterocycles. The summed E-state index contributed by atoms with van der Waals surface area (Å²) in [6, 6.07) is 18.4. The summed E-state index contributed by atoms with van der Waals surface area (Å²) in [5.74, 6) is 1.12. The van der Waals surface area contributed by atoms with Crippen LogP contribution in [0.1, 0.15) is 31.2 Å². The third kappa shape index (κ3) is 4.85. The Bertz CT molecular complexity index is 1540. The minimum atomic E-state index is -0.264. The number of fused-ring (bicyclic) bond motifs is 1. The molecule has 0 saturated heterocycles. The minimum absolute atomic E-state index is 0.0883. The Balaban J connectivity index is 1.40. The molecule has 0 aliphatic carbocycles. The van der Waals surface area contributed by atoms with E-state index in [4.69, 9.17) is 9.40 Å². The highest BCUT2D eigenvalue weighted by molar-refractivity contribution is 7.99. The molecule has 2 aromatic carbocycles. The molecule has 9 nitrogen and oxygen atoms in total. The summed E-state index contributed by atoms with van der Waals surface area (Å²) in [5, 5.41) is 20.8. The fourth-order valence-electron chi connectivity index (χ4n) is 3.71. The second-order valence-corrected chi connectivity index (χ2v) is 9.68. The molecule has 0 fully saturated rings. The molecule has 0 aliphatic heterocycles. The van der Waals surface area contributed by atoms with Gasteiger partial charge in [-0.2, -0.15) is 0 Å². The molecule has 0 unspecified atom stereocenters. The highest BCUT2D eigenvalue weighted by Gasteiger charge is 2.18. The number of amides is 1. The van der Waals surface area contributed by atoms with Gasteiger partial charge in [0.05, 0.1) is 17.0 Å². The summed E-state index contributed by atoms with van der Waals surface area (Å²) in [5.41, 5.74) is 4.89. The molecule has 182 valence electrons. The van der Waals surface area contributed by atoms with E-state index >= 15 is 0 Å². The van der Waals surface area contributed by atoms with E-state index in [1.54, 1.807) is 0 Å². The van der Waals surface area contributed by atoms with Gasteiger partial charge in [-0.05, 0) is 19.1 Å². The molecule has 1 amide bonds. The van der Waals surface area contributed by atoms with Crippen molar-refractivity contribution in [3.05, 3.63) is 66.1 Å². The zero-order valence-corrected chi connectivity index (χ0v) is 21.2. The number of benzene rings is 2. The normalized spacial score (nSPS) is 11.4. The molecule has 0 bridgehead atoms. The maximum atomic E-state index is 12.4. The second-order valence-electron chi connectivity index (χ2n) is 8.74. The Morgan fingerprint density at radius 1 is 1.06 bits per heavy atom. The fraction of sp³-hybridized carbons (Fsp3) is 0.231. The molecule has 10 heteroatoms. The Morgan fingerprint density at radius 2 is 1.83 bits per heavy atom. The first kappa shape index (κ1) is 23.7. The van der Waals surface area contributed by atoms with Crippen molar-refractivity contribution in [3.8, 4) is 22.6 Å². The highest BCUT2D eigenvalue weighted by atomic mass is 32.2. The quantitative estimate of drug-likeness (QED) is 0.303. The smallest absolute Gasteiger partial charge is 0.322 e. The number of nitrogens with one attached hydrogen (secondary N) is 1. The van der Waals surface area contributed by atoms with Gasteiger partial charge in [0.15, 0.2) is 11.0 Å². The lowest BCUT2D eigenvalue weighted by Crippen LogP contribution is -2.14. The standard InChI is InChI=1S/C26H25N7O2S/c1-15(2)24-30-31-25(35-24)28-22(34)14-36-26-32-29-23(33(26)4)19-13-21(17-11-9-16(3)10-12-17)27-20-8-6-5-7-18(19)20/h5-13,15H,14H2,1-4H3,(H,28,31,34). The summed E-state index contributed by atoms with van der Waals surface area (Å²) < 4.78 is 7.34. The number of hydrogen-bond donors (Lipinski definition) is 1. The number of nitrogens with zero attached hydrogens (tertiary/aromatic N) is 6. The molecule has 0 saturated carbocycles. The van der Waals surface area contributed by atoms with Crippen LogP contribution in [0.5, 0.6) is 0 Å². The SMILES string of the molecule is Cc1ccc(-c2cc(-c3nnc(SCC(=O)Nc4nnc(C(C)C)o4)n3C)c3ccccc3n2)cc1. The Kier molecular flexibility index (Phi) is 6.51. The van der Waals surface area contributed by atoms with Crippen LogP contribution in [0.15, 0.2) is 64.2 Å². The van der Waals surface area contributed by atoms with Crippen LogP contribution in [-0.2, 0) is 11.8 Å². The van der Waals surface area contributed by atoms with Crippen LogP contribution in [0.3, 0.4) is 0 Å². The Hall–Kier alpha value is -4.05. The number of pyridine rings is 1. The van der Waals surface area contributed by atoms with Gasteiger partial charge in [-0.1, -0.05) is 78.7 Å². The van der Waals surface area contributed by atoms with Crippen molar-refractivity contribution >= 4 is 34.6 Å². The summed E-state index contributed by atoms with van der Waals surface area (Å²) >= 11 is 1.28. The lowest BCUT2D eigenvalue weighted by Gasteiger charge is -2.10. The number of rotatable bonds is 7. The Morgan fingerprint density at radius 3 is 2.58 bits per heavy atom. The van der Waals surface area contributed by atoms with Crippen molar-refractivity contribution in [3.63, 3.8) is 0 Å². The van der Waals surface area contributed by atoms with Crippen molar-refractivity contribution in [1.29, 1.82) is 0 Å². The van der Waals surface area contributed by atoms with Gasteiger partial charge in [-0.25, -0.2) is 4.98 Å². The first-order valence-electron chi connectivity index (χ1n) is 11.5. The summed E-state index contributed by atoms with van der Waals surface area (Å²) in [4.78, 5) is 17.3. The summed E-state index contributed by atoms with van der Waals surface area (Å²) in [6.45, 7) is 5.94. The van der Waals surface area contributed by atoms with Gasteiger partial charge in [-0.15, -0.1) is 15.3 Å². The van der Waals surface area contributed by atoms with E-state index < -0.39 is 0 Å². The molecule has 3 aromatic heterocycles. The van der Waals surface area contributed by atoms with Crippen LogP contribution in [0.4, 0.5) is 6.01 Å². The number of aryl methyl sites for hydroxylation is 1. The third-order valence-electron chi connectivity index (χ3n) is 5.65. The molecule has 0 spiro atoms. The summed E-state index contributed by atoms with van der Waals surface area (Å²) in [6.07, 6.45) is 0. The monoisotopic (exact) mass is 499 g/mol. The molecule has 5 aromatic rings. The molecule has 0 radical (unpaired) electrons. The largest absolute Gasteiger partial charge is 0.408 e. The van der Waals surface area contributed by atoms with E-state index in [2.05, 4.69) is 56.9 Å². The van der Waals surface area contributed by atoms with Crippen LogP contribution in [0, 0.1) is 6.92 Å². The average Bonchev–Trinajstić information content (AvgIpc) is 3.49.